The fourth-order valence-corrected chi connectivity index (χ4v) is 3.52. The van der Waals surface area contributed by atoms with Crippen LogP contribution in [-0.4, -0.2) is 34.4 Å². The lowest BCUT2D eigenvalue weighted by Crippen LogP contribution is -2.32. The van der Waals surface area contributed by atoms with E-state index in [4.69, 9.17) is 9.47 Å². The molecule has 0 aliphatic carbocycles. The van der Waals surface area contributed by atoms with Gasteiger partial charge in [0.15, 0.2) is 0 Å². The van der Waals surface area contributed by atoms with Crippen LogP contribution in [0.2, 0.25) is 0 Å². The molecule has 1 atom stereocenters. The van der Waals surface area contributed by atoms with Gasteiger partial charge in [0.1, 0.15) is 23.9 Å². The van der Waals surface area contributed by atoms with E-state index in [1.165, 1.54) is 24.2 Å². The molecule has 1 amide bonds. The molecule has 0 saturated carbocycles. The van der Waals surface area contributed by atoms with E-state index in [0.717, 1.165) is 0 Å². The van der Waals surface area contributed by atoms with Gasteiger partial charge >= 0.3 is 6.61 Å². The highest BCUT2D eigenvalue weighted by Crippen LogP contribution is 2.39. The number of hydrogen-bond acceptors (Lipinski definition) is 6. The molecular formula is C21H19F2N5O3. The number of ether oxygens (including phenoxy) is 2. The summed E-state index contributed by atoms with van der Waals surface area (Å²) in [6.07, 6.45) is 1.32. The van der Waals surface area contributed by atoms with Gasteiger partial charge in [0.2, 0.25) is 5.95 Å². The second-order valence-corrected chi connectivity index (χ2v) is 6.67. The van der Waals surface area contributed by atoms with E-state index in [0.29, 0.717) is 28.6 Å². The Hall–Kier alpha value is -3.95. The Labute approximate surface area is 176 Å². The van der Waals surface area contributed by atoms with Crippen LogP contribution in [0.3, 0.4) is 0 Å². The van der Waals surface area contributed by atoms with Gasteiger partial charge in [-0.25, -0.2) is 4.68 Å². The summed E-state index contributed by atoms with van der Waals surface area (Å²) in [5.41, 5.74) is 1.59. The summed E-state index contributed by atoms with van der Waals surface area (Å²) < 4.78 is 37.5. The van der Waals surface area contributed by atoms with E-state index in [-0.39, 0.29) is 11.3 Å². The van der Waals surface area contributed by atoms with Gasteiger partial charge in [0.05, 0.1) is 18.4 Å². The lowest BCUT2D eigenvalue weighted by molar-refractivity contribution is -0.113. The minimum absolute atomic E-state index is 0.0544. The Bertz CT molecular complexity index is 1150. The monoisotopic (exact) mass is 427 g/mol. The van der Waals surface area contributed by atoms with E-state index in [1.807, 2.05) is 0 Å². The van der Waals surface area contributed by atoms with Crippen molar-refractivity contribution in [3.05, 3.63) is 71.7 Å². The quantitative estimate of drug-likeness (QED) is 0.622. The van der Waals surface area contributed by atoms with Gasteiger partial charge in [-0.15, -0.1) is 0 Å². The van der Waals surface area contributed by atoms with Crippen LogP contribution < -0.4 is 20.1 Å². The van der Waals surface area contributed by atoms with E-state index in [1.54, 1.807) is 49.4 Å². The van der Waals surface area contributed by atoms with Crippen LogP contribution in [0, 0.1) is 0 Å². The second kappa shape index (κ2) is 8.42. The Kier molecular flexibility index (Phi) is 5.52. The number of benzene rings is 2. The standard InChI is InChI=1S/C21H19F2N5O3/c1-12-17(19(29)27-14-8-4-6-10-16(14)30-2)18(28-21(26-12)24-11-25-28)13-7-3-5-9-15(13)31-20(22)23/h3-11,18,20H,1-2H3,(H,27,29)(H,24,25,26). The van der Waals surface area contributed by atoms with Crippen LogP contribution in [0.15, 0.2) is 66.1 Å². The number of carbonyl (C=O) groups excluding carboxylic acids is 1. The summed E-state index contributed by atoms with van der Waals surface area (Å²) in [6, 6.07) is 12.4. The Morgan fingerprint density at radius 3 is 2.61 bits per heavy atom. The number of rotatable bonds is 6. The highest BCUT2D eigenvalue weighted by molar-refractivity contribution is 6.06. The molecule has 2 heterocycles. The number of aromatic nitrogens is 3. The Balaban J connectivity index is 1.80. The van der Waals surface area contributed by atoms with Crippen molar-refractivity contribution >= 4 is 17.5 Å². The van der Waals surface area contributed by atoms with Crippen LogP contribution in [0.1, 0.15) is 18.5 Å². The normalized spacial score (nSPS) is 15.3. The SMILES string of the molecule is COc1ccccc1NC(=O)C1=C(C)Nc2ncnn2C1c1ccccc1OC(F)F. The minimum atomic E-state index is -3.02. The number of allylic oxidation sites excluding steroid dienone is 1. The maximum atomic E-state index is 13.4. The molecule has 0 spiro atoms. The molecule has 8 nitrogen and oxygen atoms in total. The average molecular weight is 427 g/mol. The van der Waals surface area contributed by atoms with E-state index in [9.17, 15) is 13.6 Å². The second-order valence-electron chi connectivity index (χ2n) is 6.67. The van der Waals surface area contributed by atoms with Gasteiger partial charge in [0, 0.05) is 11.3 Å². The molecule has 31 heavy (non-hydrogen) atoms. The molecule has 160 valence electrons. The minimum Gasteiger partial charge on any atom is -0.495 e. The molecule has 1 aliphatic heterocycles. The summed E-state index contributed by atoms with van der Waals surface area (Å²) in [7, 11) is 1.50. The first-order valence-electron chi connectivity index (χ1n) is 9.35. The Morgan fingerprint density at radius 1 is 1.16 bits per heavy atom. The summed E-state index contributed by atoms with van der Waals surface area (Å²) in [6.45, 7) is -1.31. The number of alkyl halides is 2. The number of amides is 1. The van der Waals surface area contributed by atoms with Crippen molar-refractivity contribution < 1.29 is 23.0 Å². The van der Waals surface area contributed by atoms with Crippen LogP contribution in [-0.2, 0) is 4.79 Å². The third kappa shape index (κ3) is 3.91. The first kappa shape index (κ1) is 20.3. The molecule has 4 rings (SSSR count). The average Bonchev–Trinajstić information content (AvgIpc) is 3.21. The zero-order chi connectivity index (χ0) is 22.0. The number of nitrogens with one attached hydrogen (secondary N) is 2. The number of hydrogen-bond donors (Lipinski definition) is 2. The molecular weight excluding hydrogens is 408 g/mol. The fraction of sp³-hybridized carbons (Fsp3) is 0.190. The molecule has 0 saturated heterocycles. The summed E-state index contributed by atoms with van der Waals surface area (Å²) >= 11 is 0. The first-order valence-corrected chi connectivity index (χ1v) is 9.35. The predicted octanol–water partition coefficient (Wildman–Crippen LogP) is 3.82. The van der Waals surface area contributed by atoms with E-state index >= 15 is 0 Å². The van der Waals surface area contributed by atoms with Crippen LogP contribution in [0.25, 0.3) is 0 Å². The molecule has 0 bridgehead atoms. The van der Waals surface area contributed by atoms with Gasteiger partial charge in [-0.1, -0.05) is 30.3 Å². The number of anilines is 2. The summed E-state index contributed by atoms with van der Waals surface area (Å²) in [5.74, 6) is 0.356. The zero-order valence-corrected chi connectivity index (χ0v) is 16.7. The van der Waals surface area contributed by atoms with Crippen LogP contribution in [0.5, 0.6) is 11.5 Å². The largest absolute Gasteiger partial charge is 0.495 e. The summed E-state index contributed by atoms with van der Waals surface area (Å²) in [4.78, 5) is 17.5. The van der Waals surface area contributed by atoms with Crippen molar-refractivity contribution in [3.8, 4) is 11.5 Å². The van der Waals surface area contributed by atoms with Crippen molar-refractivity contribution in [1.82, 2.24) is 14.8 Å². The maximum absolute atomic E-state index is 13.4. The fourth-order valence-electron chi connectivity index (χ4n) is 3.52. The van der Waals surface area contributed by atoms with Gasteiger partial charge < -0.3 is 20.1 Å². The van der Waals surface area contributed by atoms with Crippen molar-refractivity contribution in [2.24, 2.45) is 0 Å². The number of carbonyl (C=O) groups is 1. The molecule has 0 radical (unpaired) electrons. The molecule has 10 heteroatoms. The number of fused-ring (bicyclic) bond motifs is 1. The summed E-state index contributed by atoms with van der Waals surface area (Å²) in [5, 5.41) is 10.1. The molecule has 2 N–H and O–H groups in total. The number of para-hydroxylation sites is 3. The van der Waals surface area contributed by atoms with E-state index in [2.05, 4.69) is 20.7 Å². The smallest absolute Gasteiger partial charge is 0.387 e. The Morgan fingerprint density at radius 2 is 1.87 bits per heavy atom. The van der Waals surface area contributed by atoms with Crippen molar-refractivity contribution in [3.63, 3.8) is 0 Å². The third-order valence-electron chi connectivity index (χ3n) is 4.82. The van der Waals surface area contributed by atoms with Crippen molar-refractivity contribution in [2.75, 3.05) is 17.7 Å². The third-order valence-corrected chi connectivity index (χ3v) is 4.82. The molecule has 1 aliphatic rings. The number of methoxy groups -OCH3 is 1. The number of halogens is 2. The van der Waals surface area contributed by atoms with Gasteiger partial charge in [-0.2, -0.15) is 18.9 Å². The van der Waals surface area contributed by atoms with Gasteiger partial charge in [-0.05, 0) is 25.1 Å². The van der Waals surface area contributed by atoms with Gasteiger partial charge in [-0.3, -0.25) is 4.79 Å². The first-order chi connectivity index (χ1) is 15.0. The number of nitrogens with zero attached hydrogens (tertiary/aromatic N) is 3. The highest BCUT2D eigenvalue weighted by atomic mass is 19.3. The molecule has 1 unspecified atom stereocenters. The van der Waals surface area contributed by atoms with Crippen molar-refractivity contribution in [2.45, 2.75) is 19.6 Å². The molecule has 0 fully saturated rings. The van der Waals surface area contributed by atoms with Crippen molar-refractivity contribution in [1.29, 1.82) is 0 Å². The lowest BCUT2D eigenvalue weighted by Gasteiger charge is -2.29. The highest BCUT2D eigenvalue weighted by Gasteiger charge is 2.35. The molecule has 1 aromatic heterocycles. The van der Waals surface area contributed by atoms with Gasteiger partial charge in [0.25, 0.3) is 5.91 Å². The van der Waals surface area contributed by atoms with Crippen LogP contribution in [0.4, 0.5) is 20.4 Å². The lowest BCUT2D eigenvalue weighted by atomic mass is 9.94. The zero-order valence-electron chi connectivity index (χ0n) is 16.7. The topological polar surface area (TPSA) is 90.3 Å². The van der Waals surface area contributed by atoms with E-state index < -0.39 is 18.6 Å². The molecule has 3 aromatic rings. The maximum Gasteiger partial charge on any atom is 0.387 e. The molecule has 2 aromatic carbocycles. The predicted molar refractivity (Wildman–Crippen MR) is 109 cm³/mol. The van der Waals surface area contributed by atoms with Crippen LogP contribution >= 0.6 is 0 Å².